The third-order valence-corrected chi connectivity index (χ3v) is 3.62. The summed E-state index contributed by atoms with van der Waals surface area (Å²) in [5.41, 5.74) is 5.70. The molecule has 8 nitrogen and oxygen atoms in total. The molecule has 0 aliphatic heterocycles. The van der Waals surface area contributed by atoms with Crippen molar-refractivity contribution in [1.82, 2.24) is 25.2 Å². The van der Waals surface area contributed by atoms with Gasteiger partial charge >= 0.3 is 0 Å². The summed E-state index contributed by atoms with van der Waals surface area (Å²) in [6.07, 6.45) is 1.69. The van der Waals surface area contributed by atoms with E-state index in [0.717, 1.165) is 15.6 Å². The van der Waals surface area contributed by atoms with Gasteiger partial charge in [-0.3, -0.25) is 25.2 Å². The number of rotatable bonds is 2. The molecule has 0 saturated carbocycles. The van der Waals surface area contributed by atoms with E-state index in [0.29, 0.717) is 5.56 Å². The number of hydrogen-bond donors (Lipinski definition) is 2. The number of aryl methyl sites for hydroxylation is 2. The van der Waals surface area contributed by atoms with Gasteiger partial charge < -0.3 is 4.57 Å². The number of carbonyl (C=O) groups excluding carboxylic acids is 2. The Bertz CT molecular complexity index is 1000. The number of para-hydroxylation sites is 1. The first-order valence-electron chi connectivity index (χ1n) is 7.16. The minimum Gasteiger partial charge on any atom is -0.350 e. The number of hydrazine groups is 1. The van der Waals surface area contributed by atoms with Crippen LogP contribution in [0.25, 0.3) is 10.9 Å². The molecule has 2 aromatic heterocycles. The Kier molecular flexibility index (Phi) is 3.87. The van der Waals surface area contributed by atoms with Gasteiger partial charge in [0.2, 0.25) is 0 Å². The standard InChI is InChI=1S/C16H15N5O3/c1-20-9-11(10-5-3-4-6-13(10)20)15(23)17-18-16(24)12-7-8-14(22)21(2)19-12/h3-9H,1-2H3,(H,17,23)(H,18,24). The van der Waals surface area contributed by atoms with Crippen LogP contribution in [0.4, 0.5) is 0 Å². The molecular weight excluding hydrogens is 310 g/mol. The van der Waals surface area contributed by atoms with E-state index in [4.69, 9.17) is 0 Å². The van der Waals surface area contributed by atoms with E-state index < -0.39 is 11.8 Å². The number of fused-ring (bicyclic) bond motifs is 1. The third kappa shape index (κ3) is 2.76. The maximum Gasteiger partial charge on any atom is 0.290 e. The van der Waals surface area contributed by atoms with Crippen LogP contribution in [0.3, 0.4) is 0 Å². The van der Waals surface area contributed by atoms with E-state index >= 15 is 0 Å². The number of carbonyl (C=O) groups is 2. The Morgan fingerprint density at radius 2 is 1.71 bits per heavy atom. The lowest BCUT2D eigenvalue weighted by Gasteiger charge is -2.06. The van der Waals surface area contributed by atoms with Gasteiger partial charge in [0.05, 0.1) is 5.56 Å². The van der Waals surface area contributed by atoms with Crippen LogP contribution in [0.1, 0.15) is 20.8 Å². The molecule has 0 saturated heterocycles. The van der Waals surface area contributed by atoms with Crippen molar-refractivity contribution in [3.05, 3.63) is 64.2 Å². The molecule has 0 atom stereocenters. The van der Waals surface area contributed by atoms with Gasteiger partial charge in [-0.2, -0.15) is 5.10 Å². The van der Waals surface area contributed by atoms with Crippen molar-refractivity contribution >= 4 is 22.7 Å². The summed E-state index contributed by atoms with van der Waals surface area (Å²) in [7, 11) is 3.28. The predicted octanol–water partition coefficient (Wildman–Crippen LogP) is 0.347. The summed E-state index contributed by atoms with van der Waals surface area (Å²) in [6, 6.07) is 9.99. The van der Waals surface area contributed by atoms with Gasteiger partial charge in [-0.05, 0) is 12.1 Å². The van der Waals surface area contributed by atoms with Crippen LogP contribution in [-0.4, -0.2) is 26.2 Å². The van der Waals surface area contributed by atoms with Crippen molar-refractivity contribution in [2.75, 3.05) is 0 Å². The molecule has 0 spiro atoms. The van der Waals surface area contributed by atoms with Gasteiger partial charge in [0.25, 0.3) is 17.4 Å². The Balaban J connectivity index is 1.76. The summed E-state index contributed by atoms with van der Waals surface area (Å²) in [5, 5.41) is 4.60. The Morgan fingerprint density at radius 1 is 1.00 bits per heavy atom. The SMILES string of the molecule is Cn1nc(C(=O)NNC(=O)c2cn(C)c3ccccc23)ccc1=O. The lowest BCUT2D eigenvalue weighted by molar-refractivity contribution is 0.0843. The zero-order chi connectivity index (χ0) is 17.3. The Morgan fingerprint density at radius 3 is 2.46 bits per heavy atom. The molecule has 2 N–H and O–H groups in total. The van der Waals surface area contributed by atoms with Crippen molar-refractivity contribution in [2.45, 2.75) is 0 Å². The first-order chi connectivity index (χ1) is 11.5. The molecule has 0 aliphatic carbocycles. The highest BCUT2D eigenvalue weighted by molar-refractivity contribution is 6.07. The van der Waals surface area contributed by atoms with Crippen molar-refractivity contribution in [3.8, 4) is 0 Å². The van der Waals surface area contributed by atoms with Crippen LogP contribution in [0.2, 0.25) is 0 Å². The third-order valence-electron chi connectivity index (χ3n) is 3.62. The van der Waals surface area contributed by atoms with Crippen molar-refractivity contribution in [2.24, 2.45) is 14.1 Å². The molecule has 8 heteroatoms. The number of benzene rings is 1. The van der Waals surface area contributed by atoms with Gasteiger partial charge in [-0.15, -0.1) is 0 Å². The normalized spacial score (nSPS) is 10.6. The monoisotopic (exact) mass is 325 g/mol. The fourth-order valence-electron chi connectivity index (χ4n) is 2.39. The van der Waals surface area contributed by atoms with Crippen LogP contribution >= 0.6 is 0 Å². The van der Waals surface area contributed by atoms with Gasteiger partial charge in [-0.25, -0.2) is 4.68 Å². The molecular formula is C16H15N5O3. The molecule has 2 heterocycles. The van der Waals surface area contributed by atoms with Gasteiger partial charge in [0, 0.05) is 37.3 Å². The van der Waals surface area contributed by atoms with Crippen LogP contribution in [-0.2, 0) is 14.1 Å². The van der Waals surface area contributed by atoms with Crippen LogP contribution in [0.15, 0.2) is 47.4 Å². The van der Waals surface area contributed by atoms with Crippen molar-refractivity contribution < 1.29 is 9.59 Å². The predicted molar refractivity (Wildman–Crippen MR) is 87.3 cm³/mol. The number of aromatic nitrogens is 3. The lowest BCUT2D eigenvalue weighted by Crippen LogP contribution is -2.42. The maximum atomic E-state index is 12.3. The zero-order valence-electron chi connectivity index (χ0n) is 13.1. The topological polar surface area (TPSA) is 98.0 Å². The fraction of sp³-hybridized carbons (Fsp3) is 0.125. The molecule has 0 bridgehead atoms. The minimum atomic E-state index is -0.612. The Labute approximate surface area is 136 Å². The molecule has 0 fully saturated rings. The highest BCUT2D eigenvalue weighted by Crippen LogP contribution is 2.19. The molecule has 0 unspecified atom stereocenters. The average molecular weight is 325 g/mol. The van der Waals surface area contributed by atoms with E-state index in [1.165, 1.54) is 19.2 Å². The second-order valence-corrected chi connectivity index (χ2v) is 5.26. The second-order valence-electron chi connectivity index (χ2n) is 5.26. The van der Waals surface area contributed by atoms with Gasteiger partial charge in [-0.1, -0.05) is 18.2 Å². The number of nitrogens with zero attached hydrogens (tertiary/aromatic N) is 3. The Hall–Kier alpha value is -3.42. The average Bonchev–Trinajstić information content (AvgIpc) is 2.92. The summed E-state index contributed by atoms with van der Waals surface area (Å²) >= 11 is 0. The van der Waals surface area contributed by atoms with Crippen LogP contribution in [0.5, 0.6) is 0 Å². The fourth-order valence-corrected chi connectivity index (χ4v) is 2.39. The summed E-state index contributed by atoms with van der Waals surface area (Å²) in [4.78, 5) is 35.6. The maximum absolute atomic E-state index is 12.3. The molecule has 1 aromatic carbocycles. The van der Waals surface area contributed by atoms with Crippen molar-refractivity contribution in [1.29, 1.82) is 0 Å². The molecule has 24 heavy (non-hydrogen) atoms. The van der Waals surface area contributed by atoms with Crippen molar-refractivity contribution in [3.63, 3.8) is 0 Å². The van der Waals surface area contributed by atoms with E-state index in [-0.39, 0.29) is 11.3 Å². The first kappa shape index (κ1) is 15.5. The minimum absolute atomic E-state index is 0.0234. The van der Waals surface area contributed by atoms with E-state index in [1.54, 1.807) is 6.20 Å². The summed E-state index contributed by atoms with van der Waals surface area (Å²) in [5.74, 6) is -1.05. The summed E-state index contributed by atoms with van der Waals surface area (Å²) in [6.45, 7) is 0. The summed E-state index contributed by atoms with van der Waals surface area (Å²) < 4.78 is 2.88. The molecule has 0 aliphatic rings. The van der Waals surface area contributed by atoms with E-state index in [9.17, 15) is 14.4 Å². The molecule has 3 aromatic rings. The number of nitrogens with one attached hydrogen (secondary N) is 2. The lowest BCUT2D eigenvalue weighted by atomic mass is 10.2. The van der Waals surface area contributed by atoms with Gasteiger partial charge in [0.1, 0.15) is 0 Å². The molecule has 0 radical (unpaired) electrons. The molecule has 3 rings (SSSR count). The zero-order valence-corrected chi connectivity index (χ0v) is 13.1. The number of hydrogen-bond acceptors (Lipinski definition) is 4. The smallest absolute Gasteiger partial charge is 0.290 e. The van der Waals surface area contributed by atoms with E-state index in [2.05, 4.69) is 16.0 Å². The molecule has 122 valence electrons. The number of amides is 2. The largest absolute Gasteiger partial charge is 0.350 e. The quantitative estimate of drug-likeness (QED) is 0.664. The second kappa shape index (κ2) is 5.99. The van der Waals surface area contributed by atoms with E-state index in [1.807, 2.05) is 35.9 Å². The molecule has 2 amide bonds. The van der Waals surface area contributed by atoms with Crippen LogP contribution in [0, 0.1) is 0 Å². The van der Waals surface area contributed by atoms with Gasteiger partial charge in [0.15, 0.2) is 5.69 Å². The highest BCUT2D eigenvalue weighted by atomic mass is 16.2. The highest BCUT2D eigenvalue weighted by Gasteiger charge is 2.15. The first-order valence-corrected chi connectivity index (χ1v) is 7.16. The van der Waals surface area contributed by atoms with Crippen LogP contribution < -0.4 is 16.4 Å².